The molecular weight excluding hydrogens is 171 g/mol. The van der Waals surface area contributed by atoms with Crippen LogP contribution < -0.4 is 5.32 Å². The Morgan fingerprint density at radius 2 is 2.10 bits per heavy atom. The van der Waals surface area contributed by atoms with E-state index in [1.807, 2.05) is 7.05 Å². The van der Waals surface area contributed by atoms with Gasteiger partial charge in [-0.1, -0.05) is 13.3 Å². The second kappa shape index (κ2) is 6.23. The Morgan fingerprint density at radius 3 is 2.40 bits per heavy atom. The second-order valence-electron chi connectivity index (χ2n) is 2.26. The van der Waals surface area contributed by atoms with Crippen molar-refractivity contribution in [1.82, 2.24) is 9.25 Å². The lowest BCUT2D eigenvalue weighted by atomic mass is 10.2. The van der Waals surface area contributed by atoms with E-state index < -0.39 is 0 Å². The molecule has 0 spiro atoms. The number of rotatable bonds is 5. The summed E-state index contributed by atoms with van der Waals surface area (Å²) >= 11 is 11.1. The van der Waals surface area contributed by atoms with E-state index in [2.05, 4.69) is 12.2 Å². The summed E-state index contributed by atoms with van der Waals surface area (Å²) in [7, 11) is 1.89. The maximum atomic E-state index is 5.56. The van der Waals surface area contributed by atoms with Gasteiger partial charge in [0.1, 0.15) is 0 Å². The number of nitrogens with one attached hydrogen (secondary N) is 1. The van der Waals surface area contributed by atoms with Crippen molar-refractivity contribution in [2.24, 2.45) is 0 Å². The van der Waals surface area contributed by atoms with Gasteiger partial charge in [-0.2, -0.15) is 0 Å². The van der Waals surface area contributed by atoms with E-state index in [-0.39, 0.29) is 6.04 Å². The molecule has 0 aliphatic rings. The van der Waals surface area contributed by atoms with Crippen LogP contribution in [0.5, 0.6) is 0 Å². The molecule has 0 aromatic heterocycles. The third kappa shape index (κ3) is 4.34. The van der Waals surface area contributed by atoms with Gasteiger partial charge >= 0.3 is 0 Å². The minimum atomic E-state index is 0.235. The summed E-state index contributed by atoms with van der Waals surface area (Å²) in [5.41, 5.74) is 0. The number of likely N-dealkylation sites (N-methyl/N-ethyl adjacent to an activating group) is 1. The normalized spacial score (nSPS) is 14.1. The molecule has 1 unspecified atom stereocenters. The Kier molecular flexibility index (Phi) is 6.54. The van der Waals surface area contributed by atoms with Crippen molar-refractivity contribution in [3.8, 4) is 0 Å². The molecule has 0 radical (unpaired) electrons. The van der Waals surface area contributed by atoms with E-state index in [0.717, 1.165) is 19.4 Å². The van der Waals surface area contributed by atoms with Crippen LogP contribution in [0.2, 0.25) is 0 Å². The second-order valence-corrected chi connectivity index (χ2v) is 3.16. The fraction of sp³-hybridized carbons (Fsp3) is 1.00. The maximum Gasteiger partial charge on any atom is 0.0540 e. The largest absolute Gasteiger partial charge is 0.318 e. The summed E-state index contributed by atoms with van der Waals surface area (Å²) < 4.78 is 1.22. The third-order valence-corrected chi connectivity index (χ3v) is 1.89. The Labute approximate surface area is 72.7 Å². The first-order valence-corrected chi connectivity index (χ1v) is 4.15. The van der Waals surface area contributed by atoms with Crippen LogP contribution in [0, 0.1) is 0 Å². The topological polar surface area (TPSA) is 15.3 Å². The van der Waals surface area contributed by atoms with Gasteiger partial charge in [-0.25, -0.2) is 0 Å². The minimum Gasteiger partial charge on any atom is -0.318 e. The lowest BCUT2D eigenvalue weighted by Crippen LogP contribution is -2.30. The number of halogens is 2. The standard InChI is InChI=1S/C6H14Cl2N2/c1-3-4-6(5-9-2)10(7)8/h6,9H,3-5H2,1-2H3. The van der Waals surface area contributed by atoms with E-state index in [9.17, 15) is 0 Å². The van der Waals surface area contributed by atoms with Gasteiger partial charge in [-0.15, -0.1) is 3.94 Å². The minimum absolute atomic E-state index is 0.235. The molecule has 10 heavy (non-hydrogen) atoms. The van der Waals surface area contributed by atoms with E-state index >= 15 is 0 Å². The Bertz CT molecular complexity index is 72.1. The molecule has 0 heterocycles. The van der Waals surface area contributed by atoms with Gasteiger partial charge in [0.05, 0.1) is 6.04 Å². The monoisotopic (exact) mass is 184 g/mol. The van der Waals surface area contributed by atoms with Gasteiger partial charge in [0.2, 0.25) is 0 Å². The Hall–Kier alpha value is 0.500. The summed E-state index contributed by atoms with van der Waals surface area (Å²) in [6.45, 7) is 2.95. The molecule has 0 saturated heterocycles. The number of nitrogens with zero attached hydrogens (tertiary/aromatic N) is 1. The van der Waals surface area contributed by atoms with Crippen molar-refractivity contribution in [2.45, 2.75) is 25.8 Å². The number of hydrogen-bond donors (Lipinski definition) is 1. The van der Waals surface area contributed by atoms with Crippen LogP contribution in [0.1, 0.15) is 19.8 Å². The van der Waals surface area contributed by atoms with Crippen LogP contribution >= 0.6 is 23.6 Å². The van der Waals surface area contributed by atoms with E-state index in [0.29, 0.717) is 0 Å². The van der Waals surface area contributed by atoms with Gasteiger partial charge in [0.25, 0.3) is 0 Å². The summed E-state index contributed by atoms with van der Waals surface area (Å²) in [6.07, 6.45) is 2.12. The first kappa shape index (κ1) is 10.5. The molecule has 0 bridgehead atoms. The van der Waals surface area contributed by atoms with E-state index in [1.54, 1.807) is 0 Å². The van der Waals surface area contributed by atoms with Gasteiger partial charge in [-0.05, 0) is 37.0 Å². The molecule has 0 aromatic carbocycles. The molecule has 62 valence electrons. The van der Waals surface area contributed by atoms with Crippen molar-refractivity contribution in [3.05, 3.63) is 0 Å². The zero-order chi connectivity index (χ0) is 7.98. The lowest BCUT2D eigenvalue weighted by Gasteiger charge is -2.17. The summed E-state index contributed by atoms with van der Waals surface area (Å²) in [4.78, 5) is 0. The van der Waals surface area contributed by atoms with Crippen molar-refractivity contribution >= 4 is 23.6 Å². The summed E-state index contributed by atoms with van der Waals surface area (Å²) in [5, 5.41) is 3.02. The van der Waals surface area contributed by atoms with E-state index in [1.165, 1.54) is 3.94 Å². The van der Waals surface area contributed by atoms with Crippen molar-refractivity contribution in [1.29, 1.82) is 0 Å². The van der Waals surface area contributed by atoms with Gasteiger partial charge < -0.3 is 5.32 Å². The summed E-state index contributed by atoms with van der Waals surface area (Å²) in [5.74, 6) is 0. The van der Waals surface area contributed by atoms with Gasteiger partial charge in [0, 0.05) is 6.54 Å². The van der Waals surface area contributed by atoms with Crippen LogP contribution in [0.25, 0.3) is 0 Å². The molecule has 0 amide bonds. The van der Waals surface area contributed by atoms with Crippen LogP contribution in [0.4, 0.5) is 0 Å². The SMILES string of the molecule is CCCC(CNC)N(Cl)Cl. The lowest BCUT2D eigenvalue weighted by molar-refractivity contribution is 0.433. The molecule has 0 aliphatic heterocycles. The molecular formula is C6H14Cl2N2. The Morgan fingerprint density at radius 1 is 1.50 bits per heavy atom. The van der Waals surface area contributed by atoms with Crippen molar-refractivity contribution < 1.29 is 0 Å². The molecule has 1 atom stereocenters. The molecule has 0 fully saturated rings. The molecule has 0 aromatic rings. The number of hydrogen-bond acceptors (Lipinski definition) is 2. The highest BCUT2D eigenvalue weighted by Crippen LogP contribution is 2.11. The molecule has 1 N–H and O–H groups in total. The highest BCUT2D eigenvalue weighted by Gasteiger charge is 2.11. The van der Waals surface area contributed by atoms with Crippen molar-refractivity contribution in [3.63, 3.8) is 0 Å². The average molecular weight is 185 g/mol. The highest BCUT2D eigenvalue weighted by atomic mass is 35.5. The van der Waals surface area contributed by atoms with Crippen molar-refractivity contribution in [2.75, 3.05) is 13.6 Å². The van der Waals surface area contributed by atoms with Gasteiger partial charge in [0.15, 0.2) is 0 Å². The molecule has 4 heteroatoms. The fourth-order valence-electron chi connectivity index (χ4n) is 0.838. The first-order chi connectivity index (χ1) is 4.72. The predicted molar refractivity (Wildman–Crippen MR) is 46.2 cm³/mol. The first-order valence-electron chi connectivity index (χ1n) is 3.47. The quantitative estimate of drug-likeness (QED) is 0.659. The Balaban J connectivity index is 3.50. The average Bonchev–Trinajstić information content (AvgIpc) is 1.87. The predicted octanol–water partition coefficient (Wildman–Crippen LogP) is 1.98. The zero-order valence-corrected chi connectivity index (χ0v) is 7.91. The van der Waals surface area contributed by atoms with Crippen LogP contribution in [-0.4, -0.2) is 23.6 Å². The molecule has 0 rings (SSSR count). The van der Waals surface area contributed by atoms with Crippen LogP contribution in [-0.2, 0) is 0 Å². The fourth-order valence-corrected chi connectivity index (χ4v) is 1.17. The molecule has 0 aliphatic carbocycles. The maximum absolute atomic E-state index is 5.56. The van der Waals surface area contributed by atoms with Crippen LogP contribution in [0.15, 0.2) is 0 Å². The van der Waals surface area contributed by atoms with Crippen LogP contribution in [0.3, 0.4) is 0 Å². The smallest absolute Gasteiger partial charge is 0.0540 e. The van der Waals surface area contributed by atoms with Gasteiger partial charge in [-0.3, -0.25) is 0 Å². The summed E-state index contributed by atoms with van der Waals surface area (Å²) in [6, 6.07) is 0.235. The third-order valence-electron chi connectivity index (χ3n) is 1.34. The zero-order valence-electron chi connectivity index (χ0n) is 6.40. The van der Waals surface area contributed by atoms with E-state index in [4.69, 9.17) is 23.6 Å². The molecule has 2 nitrogen and oxygen atoms in total. The molecule has 0 saturated carbocycles. The highest BCUT2D eigenvalue weighted by molar-refractivity contribution is 6.33.